The third-order valence-electron chi connectivity index (χ3n) is 3.76. The van der Waals surface area contributed by atoms with Gasteiger partial charge in [0.2, 0.25) is 5.82 Å². The molecule has 1 aromatic carbocycles. The molecule has 11 nitrogen and oxygen atoms in total. The maximum absolute atomic E-state index is 11.3. The van der Waals surface area contributed by atoms with Gasteiger partial charge in [-0.3, -0.25) is 10.1 Å². The first-order chi connectivity index (χ1) is 12.4. The van der Waals surface area contributed by atoms with E-state index in [0.29, 0.717) is 10.5 Å². The number of imidazole rings is 1. The van der Waals surface area contributed by atoms with Crippen LogP contribution in [-0.2, 0) is 0 Å². The molecule has 136 valence electrons. The maximum Gasteiger partial charge on any atom is 0.372 e. The second-order valence-corrected chi connectivity index (χ2v) is 6.20. The molecule has 0 aliphatic rings. The van der Waals surface area contributed by atoms with Gasteiger partial charge < -0.3 is 25.6 Å². The van der Waals surface area contributed by atoms with Gasteiger partial charge in [-0.2, -0.15) is 9.38 Å². The highest BCUT2D eigenvalue weighted by molar-refractivity contribution is 7.15. The molecule has 0 radical (unpaired) electrons. The number of rotatable bonds is 7. The number of aliphatic hydroxyl groups is 2. The molecule has 12 heteroatoms. The van der Waals surface area contributed by atoms with E-state index in [1.165, 1.54) is 46.2 Å². The molecule has 2 heterocycles. The van der Waals surface area contributed by atoms with E-state index in [1.54, 1.807) is 5.38 Å². The van der Waals surface area contributed by atoms with Gasteiger partial charge in [-0.05, 0) is 22.6 Å². The van der Waals surface area contributed by atoms with Crippen LogP contribution >= 0.6 is 11.3 Å². The molecule has 0 saturated carbocycles. The molecule has 0 saturated heterocycles. The van der Waals surface area contributed by atoms with Crippen LogP contribution in [0.2, 0.25) is 0 Å². The summed E-state index contributed by atoms with van der Waals surface area (Å²) in [5.74, 6) is -0.391. The predicted octanol–water partition coefficient (Wildman–Crippen LogP) is 1.72. The Balaban J connectivity index is 1.87. The van der Waals surface area contributed by atoms with Gasteiger partial charge in [-0.15, -0.1) is 0 Å². The molecular formula is C14H13N5O6S. The topological polar surface area (TPSA) is 156 Å². The van der Waals surface area contributed by atoms with Gasteiger partial charge in [0.05, 0.1) is 17.6 Å². The quantitative estimate of drug-likeness (QED) is 0.414. The average Bonchev–Trinajstić information content (AvgIpc) is 3.19. The van der Waals surface area contributed by atoms with Gasteiger partial charge in [-0.1, -0.05) is 11.3 Å². The number of hydrogen-bond donors (Lipinski definition) is 3. The number of nitro benzene ring substituents is 1. The lowest BCUT2D eigenvalue weighted by Gasteiger charge is -2.22. The molecule has 3 rings (SSSR count). The SMILES string of the molecule is O=[N+]([O-])c1ccc(C(O)C(CO)Nc2nc3sccn3c2[N+](=O)[O-])cc1. The summed E-state index contributed by atoms with van der Waals surface area (Å²) in [5.41, 5.74) is 0.172. The van der Waals surface area contributed by atoms with E-state index in [1.807, 2.05) is 0 Å². The second kappa shape index (κ2) is 7.03. The van der Waals surface area contributed by atoms with E-state index < -0.39 is 28.6 Å². The molecular weight excluding hydrogens is 366 g/mol. The number of nitrogens with one attached hydrogen (secondary N) is 1. The van der Waals surface area contributed by atoms with Crippen LogP contribution in [0.15, 0.2) is 35.8 Å². The van der Waals surface area contributed by atoms with Crippen LogP contribution in [0.1, 0.15) is 11.7 Å². The molecule has 0 aliphatic carbocycles. The minimum Gasteiger partial charge on any atom is -0.394 e. The van der Waals surface area contributed by atoms with Crippen molar-refractivity contribution in [1.29, 1.82) is 0 Å². The van der Waals surface area contributed by atoms with Gasteiger partial charge in [0, 0.05) is 17.5 Å². The fourth-order valence-electron chi connectivity index (χ4n) is 2.47. The first-order valence-corrected chi connectivity index (χ1v) is 8.20. The average molecular weight is 379 g/mol. The van der Waals surface area contributed by atoms with Crippen molar-refractivity contribution in [2.75, 3.05) is 11.9 Å². The standard InChI is InChI=1S/C14H13N5O6S/c20-7-10(11(21)8-1-3-9(4-2-8)18(22)23)15-12-13(19(24)25)17-5-6-26-14(17)16-12/h1-6,10-11,15,20-21H,7H2. The van der Waals surface area contributed by atoms with Crippen molar-refractivity contribution in [2.45, 2.75) is 12.1 Å². The zero-order valence-electron chi connectivity index (χ0n) is 13.1. The van der Waals surface area contributed by atoms with Crippen molar-refractivity contribution in [3.8, 4) is 0 Å². The van der Waals surface area contributed by atoms with E-state index in [4.69, 9.17) is 0 Å². The Hall–Kier alpha value is -3.09. The maximum atomic E-state index is 11.3. The molecule has 0 fully saturated rings. The Kier molecular flexibility index (Phi) is 4.79. The Bertz CT molecular complexity index is 953. The summed E-state index contributed by atoms with van der Waals surface area (Å²) in [6.45, 7) is -0.541. The van der Waals surface area contributed by atoms with Gasteiger partial charge in [0.15, 0.2) is 0 Å². The molecule has 26 heavy (non-hydrogen) atoms. The highest BCUT2D eigenvalue weighted by Gasteiger charge is 2.28. The van der Waals surface area contributed by atoms with Gasteiger partial charge in [0.25, 0.3) is 10.6 Å². The molecule has 2 aromatic heterocycles. The second-order valence-electron chi connectivity index (χ2n) is 5.32. The number of nitro groups is 2. The molecule has 0 spiro atoms. The summed E-state index contributed by atoms with van der Waals surface area (Å²) in [6, 6.07) is 4.16. The predicted molar refractivity (Wildman–Crippen MR) is 92.3 cm³/mol. The van der Waals surface area contributed by atoms with Crippen molar-refractivity contribution in [2.24, 2.45) is 0 Å². The number of nitrogens with zero attached hydrogens (tertiary/aromatic N) is 4. The highest BCUT2D eigenvalue weighted by Crippen LogP contribution is 2.30. The summed E-state index contributed by atoms with van der Waals surface area (Å²) < 4.78 is 1.29. The summed E-state index contributed by atoms with van der Waals surface area (Å²) in [6.07, 6.45) is 0.233. The van der Waals surface area contributed by atoms with Crippen molar-refractivity contribution in [3.05, 3.63) is 61.6 Å². The third kappa shape index (κ3) is 3.20. The number of non-ortho nitro benzene ring substituents is 1. The van der Waals surface area contributed by atoms with E-state index in [0.717, 1.165) is 0 Å². The molecule has 3 N–H and O–H groups in total. The lowest BCUT2D eigenvalue weighted by atomic mass is 10.0. The molecule has 3 aromatic rings. The van der Waals surface area contributed by atoms with Gasteiger partial charge in [-0.25, -0.2) is 0 Å². The first-order valence-electron chi connectivity index (χ1n) is 7.32. The van der Waals surface area contributed by atoms with E-state index >= 15 is 0 Å². The number of thiazole rings is 1. The van der Waals surface area contributed by atoms with Crippen molar-refractivity contribution >= 4 is 33.6 Å². The fourth-order valence-corrected chi connectivity index (χ4v) is 3.18. The van der Waals surface area contributed by atoms with Gasteiger partial charge >= 0.3 is 5.82 Å². The Morgan fingerprint density at radius 2 is 1.92 bits per heavy atom. The monoisotopic (exact) mass is 379 g/mol. The summed E-state index contributed by atoms with van der Waals surface area (Å²) >= 11 is 1.20. The lowest BCUT2D eigenvalue weighted by molar-refractivity contribution is -0.389. The number of aliphatic hydroxyl groups excluding tert-OH is 2. The van der Waals surface area contributed by atoms with Crippen molar-refractivity contribution in [1.82, 2.24) is 9.38 Å². The van der Waals surface area contributed by atoms with Crippen LogP contribution in [0.3, 0.4) is 0 Å². The van der Waals surface area contributed by atoms with E-state index in [-0.39, 0.29) is 17.3 Å². The molecule has 0 amide bonds. The Morgan fingerprint density at radius 1 is 1.23 bits per heavy atom. The summed E-state index contributed by atoms with van der Waals surface area (Å²) in [7, 11) is 0. The minimum absolute atomic E-state index is 0.0816. The highest BCUT2D eigenvalue weighted by atomic mass is 32.1. The van der Waals surface area contributed by atoms with Crippen LogP contribution in [0, 0.1) is 20.2 Å². The zero-order valence-corrected chi connectivity index (χ0v) is 13.9. The number of hydrogen-bond acceptors (Lipinski definition) is 9. The normalized spacial score (nSPS) is 13.5. The van der Waals surface area contributed by atoms with E-state index in [9.17, 15) is 30.4 Å². The molecule has 2 unspecified atom stereocenters. The van der Waals surface area contributed by atoms with Crippen molar-refractivity contribution in [3.63, 3.8) is 0 Å². The summed E-state index contributed by atoms with van der Waals surface area (Å²) in [4.78, 5) is 25.3. The fraction of sp³-hybridized carbons (Fsp3) is 0.214. The third-order valence-corrected chi connectivity index (χ3v) is 4.51. The first kappa shape index (κ1) is 17.7. The number of aromatic nitrogens is 2. The minimum atomic E-state index is -1.26. The lowest BCUT2D eigenvalue weighted by Crippen LogP contribution is -2.31. The number of anilines is 1. The van der Waals surface area contributed by atoms with Crippen LogP contribution in [-0.4, -0.2) is 42.1 Å². The molecule has 0 bridgehead atoms. The van der Waals surface area contributed by atoms with Crippen LogP contribution in [0.25, 0.3) is 4.96 Å². The molecule has 0 aliphatic heterocycles. The molecule has 2 atom stereocenters. The smallest absolute Gasteiger partial charge is 0.372 e. The largest absolute Gasteiger partial charge is 0.394 e. The Labute approximate surface area is 149 Å². The van der Waals surface area contributed by atoms with E-state index in [2.05, 4.69) is 10.3 Å². The van der Waals surface area contributed by atoms with Crippen molar-refractivity contribution < 1.29 is 20.1 Å². The Morgan fingerprint density at radius 3 is 2.50 bits per heavy atom. The zero-order chi connectivity index (χ0) is 18.8. The number of benzene rings is 1. The van der Waals surface area contributed by atoms with Crippen LogP contribution in [0.4, 0.5) is 17.3 Å². The number of fused-ring (bicyclic) bond motifs is 1. The van der Waals surface area contributed by atoms with Crippen LogP contribution < -0.4 is 5.32 Å². The van der Waals surface area contributed by atoms with Crippen LogP contribution in [0.5, 0.6) is 0 Å². The van der Waals surface area contributed by atoms with Gasteiger partial charge in [0.1, 0.15) is 12.3 Å². The summed E-state index contributed by atoms with van der Waals surface area (Å²) in [5, 5.41) is 46.4.